The van der Waals surface area contributed by atoms with Gasteiger partial charge in [0.25, 0.3) is 0 Å². The normalized spacial score (nSPS) is 22.9. The fourth-order valence-electron chi connectivity index (χ4n) is 5.21. The van der Waals surface area contributed by atoms with Gasteiger partial charge in [0.15, 0.2) is 0 Å². The third-order valence-electron chi connectivity index (χ3n) is 7.10. The van der Waals surface area contributed by atoms with Gasteiger partial charge in [-0.2, -0.15) is 0 Å². The Hall–Kier alpha value is -3.32. The summed E-state index contributed by atoms with van der Waals surface area (Å²) in [7, 11) is 1.51. The van der Waals surface area contributed by atoms with Gasteiger partial charge in [0, 0.05) is 38.0 Å². The van der Waals surface area contributed by atoms with Gasteiger partial charge in [0.2, 0.25) is 17.7 Å². The van der Waals surface area contributed by atoms with Crippen LogP contribution in [0.25, 0.3) is 11.1 Å². The van der Waals surface area contributed by atoms with Crippen LogP contribution in [-0.2, 0) is 19.8 Å². The van der Waals surface area contributed by atoms with E-state index >= 15 is 0 Å². The van der Waals surface area contributed by atoms with E-state index in [-0.39, 0.29) is 36.6 Å². The molecular formula is C27H27N3O3S. The number of carbonyl (C=O) groups is 3. The van der Waals surface area contributed by atoms with E-state index in [2.05, 4.69) is 4.98 Å². The average Bonchev–Trinajstić information content (AvgIpc) is 3.49. The molecule has 2 aliphatic rings. The van der Waals surface area contributed by atoms with E-state index in [0.717, 1.165) is 35.4 Å². The van der Waals surface area contributed by atoms with Crippen molar-refractivity contribution in [3.8, 4) is 11.1 Å². The highest BCUT2D eigenvalue weighted by Gasteiger charge is 2.53. The zero-order valence-electron chi connectivity index (χ0n) is 19.1. The first-order valence-electron chi connectivity index (χ1n) is 11.7. The van der Waals surface area contributed by atoms with Crippen molar-refractivity contribution in [1.29, 1.82) is 0 Å². The zero-order chi connectivity index (χ0) is 23.7. The first kappa shape index (κ1) is 22.5. The van der Waals surface area contributed by atoms with Crippen LogP contribution in [0.5, 0.6) is 0 Å². The second kappa shape index (κ2) is 9.14. The lowest BCUT2D eigenvalue weighted by atomic mass is 9.75. The zero-order valence-corrected chi connectivity index (χ0v) is 20.0. The molecule has 2 aromatic carbocycles. The Bertz CT molecular complexity index is 1190. The summed E-state index contributed by atoms with van der Waals surface area (Å²) in [6, 6.07) is 17.6. The van der Waals surface area contributed by atoms with E-state index in [1.807, 2.05) is 64.9 Å². The highest BCUT2D eigenvalue weighted by atomic mass is 32.1. The molecule has 7 heteroatoms. The van der Waals surface area contributed by atoms with Gasteiger partial charge in [-0.05, 0) is 36.0 Å². The van der Waals surface area contributed by atoms with Crippen LogP contribution in [0.15, 0.2) is 66.2 Å². The number of likely N-dealkylation sites (tertiary alicyclic amines) is 2. The number of imide groups is 1. The van der Waals surface area contributed by atoms with Gasteiger partial charge in [-0.25, -0.2) is 4.98 Å². The molecule has 0 N–H and O–H groups in total. The maximum absolute atomic E-state index is 13.7. The number of rotatable bonds is 5. The van der Waals surface area contributed by atoms with Crippen LogP contribution in [0.1, 0.15) is 48.7 Å². The first-order chi connectivity index (χ1) is 16.5. The lowest BCUT2D eigenvalue weighted by Gasteiger charge is -2.37. The molecule has 3 amide bonds. The Morgan fingerprint density at radius 1 is 1.06 bits per heavy atom. The van der Waals surface area contributed by atoms with Crippen molar-refractivity contribution < 1.29 is 14.4 Å². The summed E-state index contributed by atoms with van der Waals surface area (Å²) in [4.78, 5) is 47.3. The van der Waals surface area contributed by atoms with E-state index in [1.54, 1.807) is 17.5 Å². The summed E-state index contributed by atoms with van der Waals surface area (Å²) >= 11 is 1.56. The lowest BCUT2D eigenvalue weighted by molar-refractivity contribution is -0.143. The summed E-state index contributed by atoms with van der Waals surface area (Å²) in [6.45, 7) is 0.643. The SMILES string of the molecule is CN1C(=O)CC(CC(=O)N2CCCCC2c2nccs2)(c2ccc(-c3ccccc3)cc2)C1=O. The van der Waals surface area contributed by atoms with Crippen molar-refractivity contribution in [1.82, 2.24) is 14.8 Å². The summed E-state index contributed by atoms with van der Waals surface area (Å²) in [5.74, 6) is -0.648. The number of carbonyl (C=O) groups excluding carboxylic acids is 3. The van der Waals surface area contributed by atoms with Crippen molar-refractivity contribution in [2.75, 3.05) is 13.6 Å². The standard InChI is InChI=1S/C27H27N3O3S/c1-29-23(31)17-27(26(29)33,21-12-10-20(11-13-21)19-7-3-2-4-8-19)18-24(32)30-15-6-5-9-22(30)25-28-14-16-34-25/h2-4,7-8,10-14,16,22H,5-6,9,15,17-18H2,1H3. The van der Waals surface area contributed by atoms with E-state index < -0.39 is 5.41 Å². The molecule has 5 rings (SSSR count). The number of nitrogens with zero attached hydrogens (tertiary/aromatic N) is 3. The average molecular weight is 474 g/mol. The molecule has 2 unspecified atom stereocenters. The smallest absolute Gasteiger partial charge is 0.240 e. The molecule has 0 radical (unpaired) electrons. The van der Waals surface area contributed by atoms with Gasteiger partial charge in [0.1, 0.15) is 5.01 Å². The predicted molar refractivity (Wildman–Crippen MR) is 131 cm³/mol. The maximum Gasteiger partial charge on any atom is 0.240 e. The van der Waals surface area contributed by atoms with Crippen LogP contribution in [-0.4, -0.2) is 46.1 Å². The van der Waals surface area contributed by atoms with Crippen LogP contribution in [0.2, 0.25) is 0 Å². The van der Waals surface area contributed by atoms with Crippen molar-refractivity contribution in [2.45, 2.75) is 43.6 Å². The van der Waals surface area contributed by atoms with Crippen molar-refractivity contribution in [3.05, 3.63) is 76.7 Å². The molecule has 2 atom stereocenters. The Kier molecular flexibility index (Phi) is 6.04. The second-order valence-corrected chi connectivity index (χ2v) is 10.0. The van der Waals surface area contributed by atoms with Crippen molar-refractivity contribution >= 4 is 29.1 Å². The number of benzene rings is 2. The van der Waals surface area contributed by atoms with Crippen LogP contribution < -0.4 is 0 Å². The van der Waals surface area contributed by atoms with Gasteiger partial charge in [0.05, 0.1) is 11.5 Å². The molecule has 0 saturated carbocycles. The predicted octanol–water partition coefficient (Wildman–Crippen LogP) is 4.58. The fourth-order valence-corrected chi connectivity index (χ4v) is 6.00. The number of aromatic nitrogens is 1. The molecule has 0 spiro atoms. The molecule has 3 heterocycles. The second-order valence-electron chi connectivity index (χ2n) is 9.11. The Morgan fingerprint density at radius 2 is 1.79 bits per heavy atom. The largest absolute Gasteiger partial charge is 0.333 e. The Morgan fingerprint density at radius 3 is 2.44 bits per heavy atom. The minimum atomic E-state index is -1.18. The quantitative estimate of drug-likeness (QED) is 0.509. The molecular weight excluding hydrogens is 446 g/mol. The molecule has 174 valence electrons. The topological polar surface area (TPSA) is 70.6 Å². The third-order valence-corrected chi connectivity index (χ3v) is 7.98. The summed E-state index contributed by atoms with van der Waals surface area (Å²) in [5.41, 5.74) is 1.63. The third kappa shape index (κ3) is 3.94. The van der Waals surface area contributed by atoms with Gasteiger partial charge < -0.3 is 4.90 Å². The van der Waals surface area contributed by atoms with Crippen molar-refractivity contribution in [3.63, 3.8) is 0 Å². The van der Waals surface area contributed by atoms with E-state index in [9.17, 15) is 14.4 Å². The first-order valence-corrected chi connectivity index (χ1v) is 12.5. The summed E-state index contributed by atoms with van der Waals surface area (Å²) in [6.07, 6.45) is 4.59. The number of piperidine rings is 1. The number of hydrogen-bond donors (Lipinski definition) is 0. The molecule has 2 saturated heterocycles. The van der Waals surface area contributed by atoms with Crippen LogP contribution in [0, 0.1) is 0 Å². The molecule has 0 bridgehead atoms. The molecule has 34 heavy (non-hydrogen) atoms. The Labute approximate surface area is 203 Å². The monoisotopic (exact) mass is 473 g/mol. The molecule has 2 aliphatic heterocycles. The van der Waals surface area contributed by atoms with Gasteiger partial charge in [-0.1, -0.05) is 54.6 Å². The Balaban J connectivity index is 1.47. The number of thiazole rings is 1. The van der Waals surface area contributed by atoms with E-state index in [4.69, 9.17) is 0 Å². The van der Waals surface area contributed by atoms with Crippen LogP contribution >= 0.6 is 11.3 Å². The van der Waals surface area contributed by atoms with Gasteiger partial charge >= 0.3 is 0 Å². The van der Waals surface area contributed by atoms with Gasteiger partial charge in [-0.3, -0.25) is 19.3 Å². The minimum absolute atomic E-state index is 0.00845. The van der Waals surface area contributed by atoms with Crippen molar-refractivity contribution in [2.24, 2.45) is 0 Å². The molecule has 1 aromatic heterocycles. The van der Waals surface area contributed by atoms with E-state index in [1.165, 1.54) is 11.9 Å². The maximum atomic E-state index is 13.7. The van der Waals surface area contributed by atoms with Gasteiger partial charge in [-0.15, -0.1) is 11.3 Å². The lowest BCUT2D eigenvalue weighted by Crippen LogP contribution is -2.45. The number of likely N-dealkylation sites (N-methyl/N-ethyl adjacent to an activating group) is 1. The molecule has 3 aromatic rings. The summed E-state index contributed by atoms with van der Waals surface area (Å²) in [5, 5.41) is 2.86. The number of hydrogen-bond acceptors (Lipinski definition) is 5. The molecule has 0 aliphatic carbocycles. The summed E-state index contributed by atoms with van der Waals surface area (Å²) < 4.78 is 0. The number of amides is 3. The highest BCUT2D eigenvalue weighted by Crippen LogP contribution is 2.42. The van der Waals surface area contributed by atoms with Crippen LogP contribution in [0.4, 0.5) is 0 Å². The molecule has 2 fully saturated rings. The minimum Gasteiger partial charge on any atom is -0.333 e. The van der Waals surface area contributed by atoms with Crippen LogP contribution in [0.3, 0.4) is 0 Å². The molecule has 6 nitrogen and oxygen atoms in total. The fraction of sp³-hybridized carbons (Fsp3) is 0.333. The van der Waals surface area contributed by atoms with E-state index in [0.29, 0.717) is 12.1 Å². The highest BCUT2D eigenvalue weighted by molar-refractivity contribution is 7.09.